The molecule has 1 unspecified atom stereocenters. The predicted molar refractivity (Wildman–Crippen MR) is 80.8 cm³/mol. The number of carbonyl (C=O) groups excluding carboxylic acids is 1. The van der Waals surface area contributed by atoms with E-state index >= 15 is 0 Å². The number of amides is 1. The first-order chi connectivity index (χ1) is 8.56. The van der Waals surface area contributed by atoms with Gasteiger partial charge in [-0.05, 0) is 12.8 Å². The molecule has 0 aromatic heterocycles. The van der Waals surface area contributed by atoms with E-state index < -0.39 is 5.41 Å². The van der Waals surface area contributed by atoms with Gasteiger partial charge in [-0.1, -0.05) is 38.4 Å². The van der Waals surface area contributed by atoms with Crippen LogP contribution in [-0.4, -0.2) is 39.9 Å². The van der Waals surface area contributed by atoms with Gasteiger partial charge in [0.15, 0.2) is 0 Å². The molecule has 0 aromatic carbocycles. The van der Waals surface area contributed by atoms with Crippen molar-refractivity contribution in [2.75, 3.05) is 18.8 Å². The molecule has 5 heteroatoms. The fraction of sp³-hybridized carbons (Fsp3) is 0.846. The Kier molecular flexibility index (Phi) is 4.54. The topological polar surface area (TPSA) is 46.3 Å². The summed E-state index contributed by atoms with van der Waals surface area (Å²) < 4.78 is 0. The first-order valence-electron chi connectivity index (χ1n) is 6.77. The second-order valence-corrected chi connectivity index (χ2v) is 7.43. The Labute approximate surface area is 119 Å². The summed E-state index contributed by atoms with van der Waals surface area (Å²) in [5, 5.41) is 0.523. The lowest BCUT2D eigenvalue weighted by molar-refractivity contribution is -0.139. The third-order valence-electron chi connectivity index (χ3n) is 4.12. The Hall–Kier alpha value is -0.290. The summed E-state index contributed by atoms with van der Waals surface area (Å²) in [4.78, 5) is 15.2. The minimum atomic E-state index is -0.532. The fourth-order valence-corrected chi connectivity index (χ4v) is 4.33. The van der Waals surface area contributed by atoms with Crippen LogP contribution in [0.5, 0.6) is 0 Å². The third-order valence-corrected chi connectivity index (χ3v) is 5.64. The van der Waals surface area contributed by atoms with E-state index in [9.17, 15) is 4.79 Å². The van der Waals surface area contributed by atoms with Crippen LogP contribution in [0.25, 0.3) is 0 Å². The summed E-state index contributed by atoms with van der Waals surface area (Å²) in [6, 6.07) is 0. The molecular formula is C13H22N2OS2. The van der Waals surface area contributed by atoms with Gasteiger partial charge in [-0.3, -0.25) is 4.79 Å². The molecule has 1 aliphatic heterocycles. The van der Waals surface area contributed by atoms with E-state index in [-0.39, 0.29) is 5.91 Å². The SMILES string of the molecule is CC1CN(C(=O)C2(C(N)=S)CCCCC2)CCS1. The molecule has 2 fully saturated rings. The van der Waals surface area contributed by atoms with Crippen LogP contribution in [0.4, 0.5) is 0 Å². The van der Waals surface area contributed by atoms with Gasteiger partial charge < -0.3 is 10.6 Å². The van der Waals surface area contributed by atoms with E-state index in [1.54, 1.807) is 0 Å². The second kappa shape index (κ2) is 5.78. The van der Waals surface area contributed by atoms with E-state index in [4.69, 9.17) is 18.0 Å². The lowest BCUT2D eigenvalue weighted by Crippen LogP contribution is -2.54. The maximum absolute atomic E-state index is 12.8. The summed E-state index contributed by atoms with van der Waals surface area (Å²) >= 11 is 7.16. The van der Waals surface area contributed by atoms with Crippen molar-refractivity contribution in [3.8, 4) is 0 Å². The van der Waals surface area contributed by atoms with Crippen LogP contribution >= 0.6 is 24.0 Å². The van der Waals surface area contributed by atoms with Gasteiger partial charge >= 0.3 is 0 Å². The van der Waals surface area contributed by atoms with Crippen LogP contribution in [-0.2, 0) is 4.79 Å². The fourth-order valence-electron chi connectivity index (χ4n) is 3.03. The summed E-state index contributed by atoms with van der Waals surface area (Å²) in [5.41, 5.74) is 5.39. The summed E-state index contributed by atoms with van der Waals surface area (Å²) in [7, 11) is 0. The molecule has 2 N–H and O–H groups in total. The number of thiocarbonyl (C=S) groups is 1. The lowest BCUT2D eigenvalue weighted by atomic mass is 9.73. The number of nitrogens with zero attached hydrogens (tertiary/aromatic N) is 1. The molecule has 2 rings (SSSR count). The monoisotopic (exact) mass is 286 g/mol. The van der Waals surface area contributed by atoms with Crippen molar-refractivity contribution in [1.29, 1.82) is 0 Å². The maximum Gasteiger partial charge on any atom is 0.235 e. The Balaban J connectivity index is 2.15. The molecule has 1 amide bonds. The molecule has 0 aromatic rings. The molecule has 0 bridgehead atoms. The van der Waals surface area contributed by atoms with E-state index in [2.05, 4.69) is 6.92 Å². The van der Waals surface area contributed by atoms with Crippen molar-refractivity contribution in [3.05, 3.63) is 0 Å². The van der Waals surface area contributed by atoms with Gasteiger partial charge in [0.25, 0.3) is 0 Å². The molecule has 18 heavy (non-hydrogen) atoms. The zero-order chi connectivity index (χ0) is 13.2. The van der Waals surface area contributed by atoms with Gasteiger partial charge in [0.1, 0.15) is 0 Å². The molecule has 1 heterocycles. The Morgan fingerprint density at radius 3 is 2.61 bits per heavy atom. The van der Waals surface area contributed by atoms with Crippen molar-refractivity contribution in [2.24, 2.45) is 11.1 Å². The van der Waals surface area contributed by atoms with E-state index in [1.165, 1.54) is 6.42 Å². The van der Waals surface area contributed by atoms with E-state index in [0.717, 1.165) is 44.5 Å². The molecule has 1 saturated heterocycles. The van der Waals surface area contributed by atoms with Gasteiger partial charge in [0, 0.05) is 24.1 Å². The highest BCUT2D eigenvalue weighted by Crippen LogP contribution is 2.39. The van der Waals surface area contributed by atoms with Gasteiger partial charge in [-0.25, -0.2) is 0 Å². The molecule has 1 atom stereocenters. The van der Waals surface area contributed by atoms with Crippen LogP contribution < -0.4 is 5.73 Å². The molecule has 1 saturated carbocycles. The van der Waals surface area contributed by atoms with Crippen LogP contribution in [0, 0.1) is 5.41 Å². The largest absolute Gasteiger partial charge is 0.392 e. The molecule has 0 spiro atoms. The highest BCUT2D eigenvalue weighted by Gasteiger charge is 2.45. The number of nitrogens with two attached hydrogens (primary N) is 1. The summed E-state index contributed by atoms with van der Waals surface area (Å²) in [5.74, 6) is 1.22. The zero-order valence-corrected chi connectivity index (χ0v) is 12.6. The predicted octanol–water partition coefficient (Wildman–Crippen LogP) is 2.19. The van der Waals surface area contributed by atoms with Crippen molar-refractivity contribution in [1.82, 2.24) is 4.90 Å². The number of hydrogen-bond donors (Lipinski definition) is 1. The molecule has 102 valence electrons. The Morgan fingerprint density at radius 1 is 1.39 bits per heavy atom. The highest BCUT2D eigenvalue weighted by atomic mass is 32.2. The molecular weight excluding hydrogens is 264 g/mol. The Bertz CT molecular complexity index is 340. The molecule has 0 radical (unpaired) electrons. The minimum absolute atomic E-state index is 0.196. The van der Waals surface area contributed by atoms with Crippen LogP contribution in [0.15, 0.2) is 0 Å². The first kappa shape index (κ1) is 14.1. The first-order valence-corrected chi connectivity index (χ1v) is 8.23. The van der Waals surface area contributed by atoms with Crippen LogP contribution in [0.2, 0.25) is 0 Å². The van der Waals surface area contributed by atoms with E-state index in [1.807, 2.05) is 16.7 Å². The van der Waals surface area contributed by atoms with Crippen molar-refractivity contribution < 1.29 is 4.79 Å². The standard InChI is InChI=1S/C13H22N2OS2/c1-10-9-15(7-8-18-10)12(16)13(11(14)17)5-3-2-4-6-13/h10H,2-9H2,1H3,(H2,14,17). The summed E-state index contributed by atoms with van der Waals surface area (Å²) in [6.07, 6.45) is 5.03. The maximum atomic E-state index is 12.8. The third kappa shape index (κ3) is 2.67. The Morgan fingerprint density at radius 2 is 2.06 bits per heavy atom. The second-order valence-electron chi connectivity index (χ2n) is 5.44. The number of carbonyl (C=O) groups is 1. The van der Waals surface area contributed by atoms with Gasteiger partial charge in [-0.2, -0.15) is 11.8 Å². The smallest absolute Gasteiger partial charge is 0.235 e. The lowest BCUT2D eigenvalue weighted by Gasteiger charge is -2.41. The summed E-state index contributed by atoms with van der Waals surface area (Å²) in [6.45, 7) is 3.87. The van der Waals surface area contributed by atoms with Crippen molar-refractivity contribution >= 4 is 34.9 Å². The quantitative estimate of drug-likeness (QED) is 0.791. The minimum Gasteiger partial charge on any atom is -0.392 e. The normalized spacial score (nSPS) is 27.8. The van der Waals surface area contributed by atoms with Gasteiger partial charge in [0.05, 0.1) is 10.4 Å². The van der Waals surface area contributed by atoms with Crippen LogP contribution in [0.1, 0.15) is 39.0 Å². The number of thioether (sulfide) groups is 1. The number of hydrogen-bond acceptors (Lipinski definition) is 3. The average molecular weight is 286 g/mol. The number of rotatable bonds is 2. The zero-order valence-electron chi connectivity index (χ0n) is 11.0. The van der Waals surface area contributed by atoms with Crippen molar-refractivity contribution in [2.45, 2.75) is 44.3 Å². The van der Waals surface area contributed by atoms with Gasteiger partial charge in [0.2, 0.25) is 5.91 Å². The van der Waals surface area contributed by atoms with Crippen molar-refractivity contribution in [3.63, 3.8) is 0 Å². The molecule has 3 nitrogen and oxygen atoms in total. The van der Waals surface area contributed by atoms with Gasteiger partial charge in [-0.15, -0.1) is 0 Å². The van der Waals surface area contributed by atoms with E-state index in [0.29, 0.717) is 10.2 Å². The highest BCUT2D eigenvalue weighted by molar-refractivity contribution is 7.99. The average Bonchev–Trinajstić information content (AvgIpc) is 2.38. The van der Waals surface area contributed by atoms with Crippen LogP contribution in [0.3, 0.4) is 0 Å². The molecule has 1 aliphatic carbocycles. The molecule has 2 aliphatic rings.